The highest BCUT2D eigenvalue weighted by Gasteiger charge is 2.17. The van der Waals surface area contributed by atoms with Crippen LogP contribution in [-0.4, -0.2) is 74.9 Å². The molecule has 1 fully saturated rings. The number of hydrogen-bond donors (Lipinski definition) is 1. The van der Waals surface area contributed by atoms with Crippen LogP contribution in [0.5, 0.6) is 5.75 Å². The van der Waals surface area contributed by atoms with Crippen LogP contribution in [0.3, 0.4) is 0 Å². The molecule has 1 saturated heterocycles. The average Bonchev–Trinajstić information content (AvgIpc) is 2.92. The summed E-state index contributed by atoms with van der Waals surface area (Å²) < 4.78 is 17.4. The van der Waals surface area contributed by atoms with Gasteiger partial charge in [0.25, 0.3) is 5.56 Å². The van der Waals surface area contributed by atoms with E-state index in [1.54, 1.807) is 18.8 Å². The van der Waals surface area contributed by atoms with Gasteiger partial charge in [-0.05, 0) is 42.3 Å². The number of benzene rings is 2. The number of anilines is 1. The van der Waals surface area contributed by atoms with Crippen molar-refractivity contribution >= 4 is 34.3 Å². The molecule has 3 aromatic rings. The van der Waals surface area contributed by atoms with Crippen molar-refractivity contribution in [2.75, 3.05) is 64.3 Å². The molecule has 0 saturated carbocycles. The number of hydrogen-bond acceptors (Lipinski definition) is 8. The molecule has 1 aliphatic rings. The van der Waals surface area contributed by atoms with E-state index in [9.17, 15) is 9.59 Å². The Morgan fingerprint density at radius 1 is 1.14 bits per heavy atom. The third-order valence-corrected chi connectivity index (χ3v) is 6.93. The lowest BCUT2D eigenvalue weighted by Crippen LogP contribution is -2.36. The fourth-order valence-electron chi connectivity index (χ4n) is 4.00. The van der Waals surface area contributed by atoms with Crippen LogP contribution in [0.25, 0.3) is 10.9 Å². The maximum absolute atomic E-state index is 13.7. The summed E-state index contributed by atoms with van der Waals surface area (Å²) in [5.74, 6) is 0.807. The van der Waals surface area contributed by atoms with Crippen molar-refractivity contribution in [1.82, 2.24) is 14.9 Å². The Balaban J connectivity index is 1.63. The summed E-state index contributed by atoms with van der Waals surface area (Å²) in [5, 5.41) is 3.95. The Morgan fingerprint density at radius 2 is 1.92 bits per heavy atom. The summed E-state index contributed by atoms with van der Waals surface area (Å²) in [6.45, 7) is 4.38. The third-order valence-electron chi connectivity index (χ3n) is 5.96. The van der Waals surface area contributed by atoms with Crippen molar-refractivity contribution in [2.24, 2.45) is 0 Å². The minimum atomic E-state index is -0.131. The number of nitrogens with one attached hydrogen (secondary N) is 1. The highest BCUT2D eigenvalue weighted by atomic mass is 32.2. The molecule has 1 aromatic heterocycles. The van der Waals surface area contributed by atoms with Gasteiger partial charge in [0.2, 0.25) is 5.91 Å². The second-order valence-electron chi connectivity index (χ2n) is 8.42. The molecule has 0 bridgehead atoms. The molecule has 1 aliphatic heterocycles. The molecule has 192 valence electrons. The monoisotopic (exact) mass is 512 g/mol. The number of carbonyl (C=O) groups excluding carboxylic acids is 1. The van der Waals surface area contributed by atoms with Crippen molar-refractivity contribution in [2.45, 2.75) is 18.1 Å². The Hall–Kier alpha value is -3.08. The topological polar surface area (TPSA) is 94.9 Å². The zero-order valence-electron chi connectivity index (χ0n) is 20.7. The number of ether oxygens (including phenoxy) is 3. The van der Waals surface area contributed by atoms with E-state index in [-0.39, 0.29) is 17.2 Å². The molecule has 4 rings (SSSR count). The van der Waals surface area contributed by atoms with Gasteiger partial charge in [0.15, 0.2) is 5.16 Å². The second-order valence-corrected chi connectivity index (χ2v) is 9.36. The van der Waals surface area contributed by atoms with Crippen molar-refractivity contribution in [3.8, 4) is 5.75 Å². The summed E-state index contributed by atoms with van der Waals surface area (Å²) in [6.07, 6.45) is 0.745. The van der Waals surface area contributed by atoms with Crippen molar-refractivity contribution in [3.63, 3.8) is 0 Å². The fourth-order valence-corrected chi connectivity index (χ4v) is 4.82. The first-order chi connectivity index (χ1) is 17.6. The van der Waals surface area contributed by atoms with E-state index < -0.39 is 0 Å². The minimum Gasteiger partial charge on any atom is -0.497 e. The summed E-state index contributed by atoms with van der Waals surface area (Å²) in [7, 11) is 3.25. The standard InChI is InChI=1S/C26H32N4O5S/c1-33-13-3-10-27-24(31)18-36-26-28-23-9-6-20(29-11-14-35-15-12-29)16-22(23)25(32)30(26)17-19-4-7-21(34-2)8-5-19/h4-9,16H,3,10-15,17-18H2,1-2H3,(H,27,31). The number of thioether (sulfide) groups is 1. The van der Waals surface area contributed by atoms with Crippen LogP contribution in [-0.2, 0) is 20.8 Å². The molecule has 1 N–H and O–H groups in total. The highest BCUT2D eigenvalue weighted by molar-refractivity contribution is 7.99. The summed E-state index contributed by atoms with van der Waals surface area (Å²) in [5.41, 5.74) is 2.41. The lowest BCUT2D eigenvalue weighted by molar-refractivity contribution is -0.118. The van der Waals surface area contributed by atoms with Gasteiger partial charge in [0, 0.05) is 39.0 Å². The molecule has 9 nitrogen and oxygen atoms in total. The number of carbonyl (C=O) groups is 1. The quantitative estimate of drug-likeness (QED) is 0.238. The van der Waals surface area contributed by atoms with E-state index in [0.29, 0.717) is 49.0 Å². The Labute approximate surface area is 214 Å². The summed E-state index contributed by atoms with van der Waals surface area (Å²) in [4.78, 5) is 33.1. The van der Waals surface area contributed by atoms with Crippen molar-refractivity contribution in [3.05, 3.63) is 58.4 Å². The van der Waals surface area contributed by atoms with Crippen molar-refractivity contribution in [1.29, 1.82) is 0 Å². The maximum Gasteiger partial charge on any atom is 0.262 e. The number of aromatic nitrogens is 2. The van der Waals surface area contributed by atoms with Gasteiger partial charge >= 0.3 is 0 Å². The van der Waals surface area contributed by atoms with Gasteiger partial charge in [-0.3, -0.25) is 14.2 Å². The number of nitrogens with zero attached hydrogens (tertiary/aromatic N) is 3. The SMILES string of the molecule is COCCCNC(=O)CSc1nc2ccc(N3CCOCC3)cc2c(=O)n1Cc1ccc(OC)cc1. The zero-order valence-corrected chi connectivity index (χ0v) is 21.5. The molecule has 0 spiro atoms. The molecule has 0 aliphatic carbocycles. The van der Waals surface area contributed by atoms with E-state index in [0.717, 1.165) is 36.5 Å². The van der Waals surface area contributed by atoms with E-state index in [2.05, 4.69) is 10.2 Å². The third kappa shape index (κ3) is 6.57. The first-order valence-corrected chi connectivity index (χ1v) is 13.0. The maximum atomic E-state index is 13.7. The van der Waals surface area contributed by atoms with Crippen LogP contribution < -0.4 is 20.5 Å². The van der Waals surface area contributed by atoms with Crippen LogP contribution in [0.4, 0.5) is 5.69 Å². The minimum absolute atomic E-state index is 0.107. The van der Waals surface area contributed by atoms with Gasteiger partial charge in [0.05, 0.1) is 43.5 Å². The summed E-state index contributed by atoms with van der Waals surface area (Å²) >= 11 is 1.26. The molecule has 2 aromatic carbocycles. The van der Waals surface area contributed by atoms with E-state index >= 15 is 0 Å². The Bertz CT molecular complexity index is 1230. The zero-order chi connectivity index (χ0) is 25.3. The second kappa shape index (κ2) is 12.8. The van der Waals surface area contributed by atoms with Crippen LogP contribution in [0.1, 0.15) is 12.0 Å². The van der Waals surface area contributed by atoms with E-state index in [1.165, 1.54) is 11.8 Å². The number of amides is 1. The van der Waals surface area contributed by atoms with Crippen LogP contribution in [0.15, 0.2) is 52.4 Å². The predicted octanol–water partition coefficient (Wildman–Crippen LogP) is 2.53. The van der Waals surface area contributed by atoms with Gasteiger partial charge in [-0.1, -0.05) is 23.9 Å². The largest absolute Gasteiger partial charge is 0.497 e. The summed E-state index contributed by atoms with van der Waals surface area (Å²) in [6, 6.07) is 13.4. The first kappa shape index (κ1) is 26.0. The normalized spacial score (nSPS) is 13.7. The first-order valence-electron chi connectivity index (χ1n) is 12.0. The van der Waals surface area contributed by atoms with Crippen molar-refractivity contribution < 1.29 is 19.0 Å². The van der Waals surface area contributed by atoms with Crippen LogP contribution in [0.2, 0.25) is 0 Å². The molecule has 1 amide bonds. The lowest BCUT2D eigenvalue weighted by Gasteiger charge is -2.29. The number of methoxy groups -OCH3 is 2. The van der Waals surface area contributed by atoms with Gasteiger partial charge in [-0.15, -0.1) is 0 Å². The average molecular weight is 513 g/mol. The molecule has 2 heterocycles. The number of morpholine rings is 1. The van der Waals surface area contributed by atoms with Crippen LogP contribution >= 0.6 is 11.8 Å². The van der Waals surface area contributed by atoms with Gasteiger partial charge < -0.3 is 24.4 Å². The lowest BCUT2D eigenvalue weighted by atomic mass is 10.2. The molecule has 10 heteroatoms. The molecule has 0 atom stereocenters. The number of rotatable bonds is 11. The highest BCUT2D eigenvalue weighted by Crippen LogP contribution is 2.24. The molecular weight excluding hydrogens is 480 g/mol. The Kier molecular flexibility index (Phi) is 9.21. The smallest absolute Gasteiger partial charge is 0.262 e. The fraction of sp³-hybridized carbons (Fsp3) is 0.423. The molecule has 0 radical (unpaired) electrons. The van der Waals surface area contributed by atoms with E-state index in [4.69, 9.17) is 19.2 Å². The number of fused-ring (bicyclic) bond motifs is 1. The van der Waals surface area contributed by atoms with Crippen LogP contribution in [0, 0.1) is 0 Å². The molecule has 0 unspecified atom stereocenters. The van der Waals surface area contributed by atoms with Gasteiger partial charge in [-0.2, -0.15) is 0 Å². The predicted molar refractivity (Wildman–Crippen MR) is 141 cm³/mol. The van der Waals surface area contributed by atoms with E-state index in [1.807, 2.05) is 42.5 Å². The molecule has 36 heavy (non-hydrogen) atoms. The Morgan fingerprint density at radius 3 is 2.64 bits per heavy atom. The van der Waals surface area contributed by atoms with Gasteiger partial charge in [0.1, 0.15) is 5.75 Å². The molecular formula is C26H32N4O5S. The van der Waals surface area contributed by atoms with Gasteiger partial charge in [-0.25, -0.2) is 4.98 Å².